The highest BCUT2D eigenvalue weighted by atomic mass is 14.9. The van der Waals surface area contributed by atoms with Gasteiger partial charge in [0.15, 0.2) is 5.82 Å². The summed E-state index contributed by atoms with van der Waals surface area (Å²) in [6.07, 6.45) is 3.66. The van der Waals surface area contributed by atoms with Crippen molar-refractivity contribution in [2.75, 3.05) is 0 Å². The minimum atomic E-state index is 0.670. The maximum absolute atomic E-state index is 5.25. The lowest BCUT2D eigenvalue weighted by Crippen LogP contribution is -1.97. The molecule has 5 aromatic carbocycles. The average Bonchev–Trinajstić information content (AvgIpc) is 3.14. The molecule has 0 atom stereocenters. The Bertz CT molecular complexity index is 2600. The number of aromatic nitrogens is 5. The molecule has 0 unspecified atom stereocenters. The van der Waals surface area contributed by atoms with Crippen molar-refractivity contribution in [1.29, 1.82) is 0 Å². The van der Waals surface area contributed by atoms with E-state index in [1.165, 1.54) is 0 Å². The zero-order valence-corrected chi connectivity index (χ0v) is 24.7. The van der Waals surface area contributed by atoms with Gasteiger partial charge in [0.2, 0.25) is 0 Å². The van der Waals surface area contributed by atoms with E-state index in [-0.39, 0.29) is 0 Å². The van der Waals surface area contributed by atoms with Crippen LogP contribution in [0, 0.1) is 0 Å². The highest BCUT2D eigenvalue weighted by Gasteiger charge is 2.17. The van der Waals surface area contributed by atoms with E-state index in [0.717, 1.165) is 82.8 Å². The van der Waals surface area contributed by atoms with Crippen LogP contribution in [0.3, 0.4) is 0 Å². The zero-order valence-electron chi connectivity index (χ0n) is 24.7. The number of fused-ring (bicyclic) bond motifs is 5. The highest BCUT2D eigenvalue weighted by Crippen LogP contribution is 2.37. The molecule has 0 bridgehead atoms. The maximum atomic E-state index is 5.25. The van der Waals surface area contributed by atoms with Gasteiger partial charge in [0.25, 0.3) is 0 Å². The van der Waals surface area contributed by atoms with E-state index >= 15 is 0 Å². The Labute approximate surface area is 264 Å². The topological polar surface area (TPSA) is 64.5 Å². The molecular weight excluding hydrogens is 562 g/mol. The lowest BCUT2D eigenvalue weighted by Gasteiger charge is -2.14. The van der Waals surface area contributed by atoms with Crippen LogP contribution in [0.15, 0.2) is 152 Å². The normalized spacial score (nSPS) is 11.5. The Morgan fingerprint density at radius 2 is 1.04 bits per heavy atom. The lowest BCUT2D eigenvalue weighted by atomic mass is 9.96. The van der Waals surface area contributed by atoms with Gasteiger partial charge in [-0.05, 0) is 41.5 Å². The molecule has 5 heteroatoms. The van der Waals surface area contributed by atoms with Crippen molar-refractivity contribution in [2.45, 2.75) is 0 Å². The largest absolute Gasteiger partial charge is 0.256 e. The molecule has 46 heavy (non-hydrogen) atoms. The second-order valence-corrected chi connectivity index (χ2v) is 11.3. The molecule has 0 spiro atoms. The van der Waals surface area contributed by atoms with Crippen LogP contribution < -0.4 is 0 Å². The number of pyridine rings is 3. The van der Waals surface area contributed by atoms with E-state index < -0.39 is 0 Å². The molecule has 0 fully saturated rings. The second-order valence-electron chi connectivity index (χ2n) is 11.3. The number of hydrogen-bond acceptors (Lipinski definition) is 5. The predicted octanol–water partition coefficient (Wildman–Crippen LogP) is 9.94. The summed E-state index contributed by atoms with van der Waals surface area (Å²) in [5.41, 5.74) is 10.5. The van der Waals surface area contributed by atoms with Crippen molar-refractivity contribution in [3.8, 4) is 45.0 Å². The van der Waals surface area contributed by atoms with E-state index in [2.05, 4.69) is 114 Å². The molecule has 0 radical (unpaired) electrons. The number of nitrogens with zero attached hydrogens (tertiary/aromatic N) is 5. The Kier molecular flexibility index (Phi) is 6.06. The molecule has 5 nitrogen and oxygen atoms in total. The minimum absolute atomic E-state index is 0.670. The Hall–Kier alpha value is -6.33. The zero-order chi connectivity index (χ0) is 30.5. The standard InChI is InChI=1S/C41H25N5/c1-2-15-32(41-45-36-18-4-3-16-33(36)40(46-41)34-17-6-9-26-12-7-23-42-37(26)34)31(14-1)29-10-5-11-30(25-29)35-22-21-28-20-19-27-13-8-24-43-38(27)39(28)44-35/h1-25H. The number of rotatable bonds is 4. The van der Waals surface area contributed by atoms with Gasteiger partial charge in [0, 0.05) is 50.6 Å². The fraction of sp³-hybridized carbons (Fsp3) is 0. The SMILES string of the molecule is c1cc(-c2ccc3ccc4cccnc4c3n2)cc(-c2ccccc2-c2nc(-c3cccc4cccnc34)c3ccccc3n2)c1. The van der Waals surface area contributed by atoms with Gasteiger partial charge in [-0.15, -0.1) is 0 Å². The summed E-state index contributed by atoms with van der Waals surface area (Å²) in [5, 5.41) is 4.22. The summed E-state index contributed by atoms with van der Waals surface area (Å²) in [6, 6.07) is 47.8. The second kappa shape index (κ2) is 10.7. The summed E-state index contributed by atoms with van der Waals surface area (Å²) in [7, 11) is 0. The number of benzene rings is 5. The summed E-state index contributed by atoms with van der Waals surface area (Å²) < 4.78 is 0. The van der Waals surface area contributed by atoms with E-state index in [9.17, 15) is 0 Å². The fourth-order valence-electron chi connectivity index (χ4n) is 6.36. The smallest absolute Gasteiger partial charge is 0.161 e. The molecule has 9 aromatic rings. The average molecular weight is 588 g/mol. The van der Waals surface area contributed by atoms with Gasteiger partial charge in [0.1, 0.15) is 0 Å². The summed E-state index contributed by atoms with van der Waals surface area (Å²) in [6.45, 7) is 0. The quantitative estimate of drug-likeness (QED) is 0.192. The molecule has 0 saturated carbocycles. The van der Waals surface area contributed by atoms with Crippen LogP contribution in [-0.2, 0) is 0 Å². The van der Waals surface area contributed by atoms with Crippen molar-refractivity contribution in [3.05, 3.63) is 152 Å². The summed E-state index contributed by atoms with van der Waals surface area (Å²) >= 11 is 0. The molecule has 0 aliphatic rings. The van der Waals surface area contributed by atoms with Gasteiger partial charge in [0.05, 0.1) is 33.5 Å². The van der Waals surface area contributed by atoms with Crippen LogP contribution in [0.5, 0.6) is 0 Å². The number of para-hydroxylation sites is 2. The van der Waals surface area contributed by atoms with Crippen molar-refractivity contribution < 1.29 is 0 Å². The molecule has 0 aliphatic heterocycles. The van der Waals surface area contributed by atoms with Gasteiger partial charge in [-0.25, -0.2) is 15.0 Å². The van der Waals surface area contributed by atoms with E-state index in [1.807, 2.05) is 42.7 Å². The Morgan fingerprint density at radius 3 is 1.93 bits per heavy atom. The first-order chi connectivity index (χ1) is 22.8. The van der Waals surface area contributed by atoms with E-state index in [1.54, 1.807) is 0 Å². The number of hydrogen-bond donors (Lipinski definition) is 0. The first-order valence-electron chi connectivity index (χ1n) is 15.3. The maximum Gasteiger partial charge on any atom is 0.161 e. The fourth-order valence-corrected chi connectivity index (χ4v) is 6.36. The van der Waals surface area contributed by atoms with Crippen LogP contribution in [0.1, 0.15) is 0 Å². The van der Waals surface area contributed by atoms with Crippen LogP contribution in [0.25, 0.3) is 88.6 Å². The first-order valence-corrected chi connectivity index (χ1v) is 15.3. The van der Waals surface area contributed by atoms with Crippen molar-refractivity contribution in [2.24, 2.45) is 0 Å². The molecule has 4 heterocycles. The van der Waals surface area contributed by atoms with Gasteiger partial charge in [-0.1, -0.05) is 109 Å². The molecule has 214 valence electrons. The van der Waals surface area contributed by atoms with E-state index in [4.69, 9.17) is 19.9 Å². The van der Waals surface area contributed by atoms with Crippen LogP contribution in [0.2, 0.25) is 0 Å². The first kappa shape index (κ1) is 26.1. The molecule has 0 aliphatic carbocycles. The molecule has 9 rings (SSSR count). The molecule has 4 aromatic heterocycles. The van der Waals surface area contributed by atoms with Gasteiger partial charge >= 0.3 is 0 Å². The highest BCUT2D eigenvalue weighted by molar-refractivity contribution is 6.04. The molecule has 0 amide bonds. The lowest BCUT2D eigenvalue weighted by molar-refractivity contribution is 1.23. The minimum Gasteiger partial charge on any atom is -0.256 e. The van der Waals surface area contributed by atoms with Crippen LogP contribution in [0.4, 0.5) is 0 Å². The third kappa shape index (κ3) is 4.37. The van der Waals surface area contributed by atoms with Crippen molar-refractivity contribution >= 4 is 43.6 Å². The molecule has 0 saturated heterocycles. The Balaban J connectivity index is 1.20. The van der Waals surface area contributed by atoms with E-state index in [0.29, 0.717) is 5.82 Å². The van der Waals surface area contributed by atoms with Crippen molar-refractivity contribution in [1.82, 2.24) is 24.9 Å². The van der Waals surface area contributed by atoms with Crippen molar-refractivity contribution in [3.63, 3.8) is 0 Å². The summed E-state index contributed by atoms with van der Waals surface area (Å²) in [5.74, 6) is 0.670. The Morgan fingerprint density at radius 1 is 0.391 bits per heavy atom. The van der Waals surface area contributed by atoms with Gasteiger partial charge in [-0.3, -0.25) is 9.97 Å². The van der Waals surface area contributed by atoms with Crippen LogP contribution >= 0.6 is 0 Å². The molecule has 0 N–H and O–H groups in total. The third-order valence-corrected chi connectivity index (χ3v) is 8.56. The third-order valence-electron chi connectivity index (χ3n) is 8.56. The van der Waals surface area contributed by atoms with Gasteiger partial charge < -0.3 is 0 Å². The summed E-state index contributed by atoms with van der Waals surface area (Å²) in [4.78, 5) is 24.8. The predicted molar refractivity (Wildman–Crippen MR) is 187 cm³/mol. The van der Waals surface area contributed by atoms with Crippen LogP contribution in [-0.4, -0.2) is 24.9 Å². The monoisotopic (exact) mass is 587 g/mol. The van der Waals surface area contributed by atoms with Gasteiger partial charge in [-0.2, -0.15) is 0 Å². The molecular formula is C41H25N5.